The minimum Gasteiger partial charge on any atom is -0.423 e. The largest absolute Gasteiger partial charge is 0.423 e. The average Bonchev–Trinajstić information content (AvgIpc) is 2.33. The van der Waals surface area contributed by atoms with Crippen LogP contribution in [0, 0.1) is 0 Å². The molecule has 2 rings (SSSR count). The van der Waals surface area contributed by atoms with Crippen LogP contribution in [-0.4, -0.2) is 5.97 Å². The Kier molecular flexibility index (Phi) is 3.82. The third kappa shape index (κ3) is 3.32. The predicted molar refractivity (Wildman–Crippen MR) is 70.6 cm³/mol. The standard InChI is InChI=1S/C13H8BrClO2/c14-10-3-1-9(2-4-10)13(16)17-12-7-5-11(15)6-8-12/h1-8H. The van der Waals surface area contributed by atoms with Crippen molar-refractivity contribution in [3.8, 4) is 5.75 Å². The van der Waals surface area contributed by atoms with E-state index in [0.29, 0.717) is 16.3 Å². The molecule has 0 unspecified atom stereocenters. The summed E-state index contributed by atoms with van der Waals surface area (Å²) in [6.07, 6.45) is 0. The molecule has 0 spiro atoms. The molecule has 4 heteroatoms. The molecule has 0 heterocycles. The molecule has 2 aromatic rings. The lowest BCUT2D eigenvalue weighted by Gasteiger charge is -2.04. The molecule has 0 saturated carbocycles. The van der Waals surface area contributed by atoms with Crippen LogP contribution in [0.15, 0.2) is 53.0 Å². The Morgan fingerprint density at radius 2 is 1.59 bits per heavy atom. The molecule has 2 aromatic carbocycles. The maximum Gasteiger partial charge on any atom is 0.343 e. The van der Waals surface area contributed by atoms with Crippen LogP contribution in [-0.2, 0) is 0 Å². The van der Waals surface area contributed by atoms with Crippen molar-refractivity contribution in [2.45, 2.75) is 0 Å². The first-order valence-electron chi connectivity index (χ1n) is 4.88. The summed E-state index contributed by atoms with van der Waals surface area (Å²) in [6, 6.07) is 13.6. The lowest BCUT2D eigenvalue weighted by molar-refractivity contribution is 0.0735. The van der Waals surface area contributed by atoms with Crippen molar-refractivity contribution in [1.29, 1.82) is 0 Å². The summed E-state index contributed by atoms with van der Waals surface area (Å²) in [6.45, 7) is 0. The number of hydrogen-bond acceptors (Lipinski definition) is 2. The number of halogens is 2. The van der Waals surface area contributed by atoms with E-state index in [-0.39, 0.29) is 5.97 Å². The Morgan fingerprint density at radius 1 is 1.00 bits per heavy atom. The van der Waals surface area contributed by atoms with Gasteiger partial charge in [0.15, 0.2) is 0 Å². The van der Waals surface area contributed by atoms with Gasteiger partial charge in [0, 0.05) is 9.50 Å². The molecular formula is C13H8BrClO2. The van der Waals surface area contributed by atoms with Gasteiger partial charge in [-0.3, -0.25) is 0 Å². The number of benzene rings is 2. The van der Waals surface area contributed by atoms with E-state index in [1.807, 2.05) is 0 Å². The van der Waals surface area contributed by atoms with Gasteiger partial charge in [-0.15, -0.1) is 0 Å². The van der Waals surface area contributed by atoms with E-state index in [1.165, 1.54) is 0 Å². The van der Waals surface area contributed by atoms with Gasteiger partial charge >= 0.3 is 5.97 Å². The molecule has 0 aromatic heterocycles. The number of carbonyl (C=O) groups excluding carboxylic acids is 1. The van der Waals surface area contributed by atoms with Crippen molar-refractivity contribution in [1.82, 2.24) is 0 Å². The molecular weight excluding hydrogens is 303 g/mol. The van der Waals surface area contributed by atoms with Gasteiger partial charge in [-0.2, -0.15) is 0 Å². The highest BCUT2D eigenvalue weighted by molar-refractivity contribution is 9.10. The van der Waals surface area contributed by atoms with Gasteiger partial charge in [-0.25, -0.2) is 4.79 Å². The number of ether oxygens (including phenoxy) is 1. The number of carbonyl (C=O) groups is 1. The molecule has 0 aliphatic rings. The van der Waals surface area contributed by atoms with Crippen LogP contribution in [0.1, 0.15) is 10.4 Å². The van der Waals surface area contributed by atoms with Gasteiger partial charge in [-0.05, 0) is 48.5 Å². The number of esters is 1. The fourth-order valence-electron chi connectivity index (χ4n) is 1.25. The summed E-state index contributed by atoms with van der Waals surface area (Å²) in [7, 11) is 0. The smallest absolute Gasteiger partial charge is 0.343 e. The van der Waals surface area contributed by atoms with Gasteiger partial charge in [0.05, 0.1) is 5.56 Å². The monoisotopic (exact) mass is 310 g/mol. The van der Waals surface area contributed by atoms with Crippen LogP contribution in [0.3, 0.4) is 0 Å². The minimum absolute atomic E-state index is 0.389. The Hall–Kier alpha value is -1.32. The zero-order chi connectivity index (χ0) is 12.3. The van der Waals surface area contributed by atoms with Crippen molar-refractivity contribution in [3.63, 3.8) is 0 Å². The first-order chi connectivity index (χ1) is 8.15. The lowest BCUT2D eigenvalue weighted by atomic mass is 10.2. The maximum atomic E-state index is 11.7. The fourth-order valence-corrected chi connectivity index (χ4v) is 1.64. The number of rotatable bonds is 2. The van der Waals surface area contributed by atoms with Gasteiger partial charge in [-0.1, -0.05) is 27.5 Å². The fraction of sp³-hybridized carbons (Fsp3) is 0. The van der Waals surface area contributed by atoms with Gasteiger partial charge in [0.1, 0.15) is 5.75 Å². The Labute approximate surface area is 112 Å². The van der Waals surface area contributed by atoms with Crippen LogP contribution in [0.2, 0.25) is 5.02 Å². The normalized spacial score (nSPS) is 10.0. The van der Waals surface area contributed by atoms with Gasteiger partial charge in [0.25, 0.3) is 0 Å². The topological polar surface area (TPSA) is 26.3 Å². The molecule has 17 heavy (non-hydrogen) atoms. The van der Waals surface area contributed by atoms with Crippen molar-refractivity contribution in [2.75, 3.05) is 0 Å². The lowest BCUT2D eigenvalue weighted by Crippen LogP contribution is -2.07. The minimum atomic E-state index is -0.389. The van der Waals surface area contributed by atoms with E-state index in [9.17, 15) is 4.79 Å². The predicted octanol–water partition coefficient (Wildman–Crippen LogP) is 4.32. The van der Waals surface area contributed by atoms with E-state index >= 15 is 0 Å². The van der Waals surface area contributed by atoms with Gasteiger partial charge in [0.2, 0.25) is 0 Å². The molecule has 0 fully saturated rings. The van der Waals surface area contributed by atoms with Crippen LogP contribution in [0.4, 0.5) is 0 Å². The highest BCUT2D eigenvalue weighted by atomic mass is 79.9. The Balaban J connectivity index is 2.11. The molecule has 0 aliphatic carbocycles. The second-order valence-corrected chi connectivity index (χ2v) is 4.70. The third-order valence-electron chi connectivity index (χ3n) is 2.10. The van der Waals surface area contributed by atoms with E-state index in [0.717, 1.165) is 4.47 Å². The first kappa shape index (κ1) is 12.1. The first-order valence-corrected chi connectivity index (χ1v) is 6.05. The third-order valence-corrected chi connectivity index (χ3v) is 2.88. The van der Waals surface area contributed by atoms with E-state index in [1.54, 1.807) is 48.5 Å². The van der Waals surface area contributed by atoms with Crippen molar-refractivity contribution >= 4 is 33.5 Å². The van der Waals surface area contributed by atoms with Crippen LogP contribution >= 0.6 is 27.5 Å². The summed E-state index contributed by atoms with van der Waals surface area (Å²) < 4.78 is 6.10. The summed E-state index contributed by atoms with van der Waals surface area (Å²) in [5, 5.41) is 0.605. The summed E-state index contributed by atoms with van der Waals surface area (Å²) >= 11 is 9.04. The summed E-state index contributed by atoms with van der Waals surface area (Å²) in [5.74, 6) is 0.0853. The highest BCUT2D eigenvalue weighted by Gasteiger charge is 2.07. The zero-order valence-electron chi connectivity index (χ0n) is 8.69. The van der Waals surface area contributed by atoms with E-state index < -0.39 is 0 Å². The SMILES string of the molecule is O=C(Oc1ccc(Cl)cc1)c1ccc(Br)cc1. The van der Waals surface area contributed by atoms with Crippen molar-refractivity contribution in [2.24, 2.45) is 0 Å². The molecule has 0 saturated heterocycles. The highest BCUT2D eigenvalue weighted by Crippen LogP contribution is 2.17. The zero-order valence-corrected chi connectivity index (χ0v) is 11.0. The Morgan fingerprint density at radius 3 is 2.18 bits per heavy atom. The second-order valence-electron chi connectivity index (χ2n) is 3.35. The van der Waals surface area contributed by atoms with E-state index in [4.69, 9.17) is 16.3 Å². The molecule has 86 valence electrons. The van der Waals surface area contributed by atoms with Crippen LogP contribution in [0.25, 0.3) is 0 Å². The second kappa shape index (κ2) is 5.34. The molecule has 0 amide bonds. The Bertz CT molecular complexity index is 520. The van der Waals surface area contributed by atoms with E-state index in [2.05, 4.69) is 15.9 Å². The summed E-state index contributed by atoms with van der Waals surface area (Å²) in [5.41, 5.74) is 0.503. The molecule has 2 nitrogen and oxygen atoms in total. The van der Waals surface area contributed by atoms with Crippen LogP contribution in [0.5, 0.6) is 5.75 Å². The van der Waals surface area contributed by atoms with Crippen LogP contribution < -0.4 is 4.74 Å². The quantitative estimate of drug-likeness (QED) is 0.610. The van der Waals surface area contributed by atoms with Crippen molar-refractivity contribution < 1.29 is 9.53 Å². The van der Waals surface area contributed by atoms with Crippen molar-refractivity contribution in [3.05, 3.63) is 63.6 Å². The molecule has 0 radical (unpaired) electrons. The molecule has 0 atom stereocenters. The molecule has 0 N–H and O–H groups in total. The molecule has 0 aliphatic heterocycles. The molecule has 0 bridgehead atoms. The maximum absolute atomic E-state index is 11.7. The van der Waals surface area contributed by atoms with Gasteiger partial charge < -0.3 is 4.74 Å². The average molecular weight is 312 g/mol. The number of hydrogen-bond donors (Lipinski definition) is 0. The summed E-state index contributed by atoms with van der Waals surface area (Å²) in [4.78, 5) is 11.7.